The highest BCUT2D eigenvalue weighted by atomic mass is 35.5. The molecule has 0 aliphatic carbocycles. The molecule has 0 aliphatic heterocycles. The van der Waals surface area contributed by atoms with E-state index in [1.165, 1.54) is 0 Å². The van der Waals surface area contributed by atoms with E-state index in [-0.39, 0.29) is 13.2 Å². The van der Waals surface area contributed by atoms with Crippen molar-refractivity contribution in [3.8, 4) is 5.75 Å². The molecule has 72 valence electrons. The summed E-state index contributed by atoms with van der Waals surface area (Å²) in [7, 11) is 0. The highest BCUT2D eigenvalue weighted by Crippen LogP contribution is 2.22. The Bertz CT molecular complexity index is 278. The van der Waals surface area contributed by atoms with Gasteiger partial charge in [0.25, 0.3) is 0 Å². The molecule has 0 amide bonds. The molecular formula is C9H10ClFO2. The summed E-state index contributed by atoms with van der Waals surface area (Å²) in [5, 5.41) is 9.43. The van der Waals surface area contributed by atoms with Gasteiger partial charge in [-0.1, -0.05) is 11.6 Å². The zero-order valence-corrected chi connectivity index (χ0v) is 7.72. The van der Waals surface area contributed by atoms with Gasteiger partial charge in [-0.2, -0.15) is 0 Å². The van der Waals surface area contributed by atoms with E-state index in [0.29, 0.717) is 16.3 Å². The third-order valence-electron chi connectivity index (χ3n) is 1.53. The Hall–Kier alpha value is -0.800. The van der Waals surface area contributed by atoms with E-state index in [4.69, 9.17) is 21.4 Å². The minimum atomic E-state index is -0.548. The second-order valence-corrected chi connectivity index (χ2v) is 2.88. The molecule has 0 unspecified atom stereocenters. The molecule has 1 aromatic carbocycles. The molecule has 1 aromatic rings. The van der Waals surface area contributed by atoms with Crippen LogP contribution in [0.5, 0.6) is 5.75 Å². The van der Waals surface area contributed by atoms with Crippen molar-refractivity contribution in [1.82, 2.24) is 0 Å². The van der Waals surface area contributed by atoms with Crippen molar-refractivity contribution >= 4 is 11.6 Å². The van der Waals surface area contributed by atoms with Crippen molar-refractivity contribution in [2.75, 3.05) is 13.3 Å². The lowest BCUT2D eigenvalue weighted by atomic mass is 10.2. The Morgan fingerprint density at radius 2 is 2.23 bits per heavy atom. The lowest BCUT2D eigenvalue weighted by Gasteiger charge is -2.08. The van der Waals surface area contributed by atoms with E-state index in [1.54, 1.807) is 18.2 Å². The SMILES string of the molecule is OCc1cc(Cl)ccc1OCCF. The van der Waals surface area contributed by atoms with Crippen LogP contribution in [0.1, 0.15) is 5.56 Å². The molecule has 1 N–H and O–H groups in total. The van der Waals surface area contributed by atoms with Gasteiger partial charge in [0.2, 0.25) is 0 Å². The molecule has 13 heavy (non-hydrogen) atoms. The molecule has 0 saturated heterocycles. The molecule has 0 spiro atoms. The minimum Gasteiger partial charge on any atom is -0.490 e. The highest BCUT2D eigenvalue weighted by molar-refractivity contribution is 6.30. The smallest absolute Gasteiger partial charge is 0.125 e. The Morgan fingerprint density at radius 1 is 1.46 bits per heavy atom. The van der Waals surface area contributed by atoms with Crippen LogP contribution in [-0.4, -0.2) is 18.4 Å². The van der Waals surface area contributed by atoms with Gasteiger partial charge < -0.3 is 9.84 Å². The zero-order chi connectivity index (χ0) is 9.68. The molecule has 2 nitrogen and oxygen atoms in total. The van der Waals surface area contributed by atoms with Crippen molar-refractivity contribution in [3.63, 3.8) is 0 Å². The Morgan fingerprint density at radius 3 is 2.85 bits per heavy atom. The predicted molar refractivity (Wildman–Crippen MR) is 48.8 cm³/mol. The number of hydrogen-bond donors (Lipinski definition) is 1. The standard InChI is InChI=1S/C9H10ClFO2/c10-8-1-2-9(13-4-3-11)7(5-8)6-12/h1-2,5,12H,3-4,6H2. The van der Waals surface area contributed by atoms with E-state index >= 15 is 0 Å². The molecule has 0 saturated carbocycles. The van der Waals surface area contributed by atoms with Crippen molar-refractivity contribution in [2.45, 2.75) is 6.61 Å². The third kappa shape index (κ3) is 2.86. The van der Waals surface area contributed by atoms with Crippen LogP contribution in [0.4, 0.5) is 4.39 Å². The van der Waals surface area contributed by atoms with Crippen LogP contribution in [0.15, 0.2) is 18.2 Å². The average Bonchev–Trinajstić information content (AvgIpc) is 2.16. The lowest BCUT2D eigenvalue weighted by Crippen LogP contribution is -2.01. The van der Waals surface area contributed by atoms with Crippen LogP contribution in [0, 0.1) is 0 Å². The molecule has 0 aliphatic rings. The first-order chi connectivity index (χ1) is 6.27. The first-order valence-electron chi connectivity index (χ1n) is 3.86. The van der Waals surface area contributed by atoms with Gasteiger partial charge in [-0.25, -0.2) is 4.39 Å². The molecule has 4 heteroatoms. The summed E-state index contributed by atoms with van der Waals surface area (Å²) in [5.74, 6) is 0.476. The van der Waals surface area contributed by atoms with Gasteiger partial charge in [0, 0.05) is 10.6 Å². The summed E-state index contributed by atoms with van der Waals surface area (Å²) in [5.41, 5.74) is 0.570. The molecular weight excluding hydrogens is 195 g/mol. The zero-order valence-electron chi connectivity index (χ0n) is 6.96. The summed E-state index contributed by atoms with van der Waals surface area (Å²) in [6, 6.07) is 4.84. The van der Waals surface area contributed by atoms with E-state index in [0.717, 1.165) is 0 Å². The topological polar surface area (TPSA) is 29.5 Å². The van der Waals surface area contributed by atoms with Crippen LogP contribution in [0.2, 0.25) is 5.02 Å². The Balaban J connectivity index is 2.79. The summed E-state index contributed by atoms with van der Waals surface area (Å²) in [4.78, 5) is 0. The first-order valence-corrected chi connectivity index (χ1v) is 4.23. The summed E-state index contributed by atoms with van der Waals surface area (Å²) in [6.45, 7) is -0.718. The van der Waals surface area contributed by atoms with Crippen LogP contribution in [0.25, 0.3) is 0 Å². The molecule has 0 fully saturated rings. The first kappa shape index (κ1) is 10.3. The monoisotopic (exact) mass is 204 g/mol. The second-order valence-electron chi connectivity index (χ2n) is 2.45. The fraction of sp³-hybridized carbons (Fsp3) is 0.333. The largest absolute Gasteiger partial charge is 0.490 e. The molecule has 0 heterocycles. The highest BCUT2D eigenvalue weighted by Gasteiger charge is 2.02. The summed E-state index contributed by atoms with van der Waals surface area (Å²) < 4.78 is 16.8. The summed E-state index contributed by atoms with van der Waals surface area (Å²) >= 11 is 5.69. The maximum Gasteiger partial charge on any atom is 0.125 e. The van der Waals surface area contributed by atoms with E-state index in [9.17, 15) is 4.39 Å². The van der Waals surface area contributed by atoms with Crippen molar-refractivity contribution in [3.05, 3.63) is 28.8 Å². The van der Waals surface area contributed by atoms with Crippen LogP contribution in [0.3, 0.4) is 0 Å². The van der Waals surface area contributed by atoms with Gasteiger partial charge in [-0.3, -0.25) is 0 Å². The van der Waals surface area contributed by atoms with Crippen molar-refractivity contribution in [2.24, 2.45) is 0 Å². The normalized spacial score (nSPS) is 10.1. The maximum atomic E-state index is 11.8. The number of ether oxygens (including phenoxy) is 1. The third-order valence-corrected chi connectivity index (χ3v) is 1.76. The fourth-order valence-electron chi connectivity index (χ4n) is 0.961. The van der Waals surface area contributed by atoms with Crippen LogP contribution >= 0.6 is 11.6 Å². The molecule has 0 atom stereocenters. The van der Waals surface area contributed by atoms with E-state index < -0.39 is 6.67 Å². The summed E-state index contributed by atoms with van der Waals surface area (Å²) in [6.07, 6.45) is 0. The maximum absolute atomic E-state index is 11.8. The Labute approximate surface area is 80.9 Å². The quantitative estimate of drug-likeness (QED) is 0.815. The molecule has 1 rings (SSSR count). The minimum absolute atomic E-state index is 0.00533. The van der Waals surface area contributed by atoms with E-state index in [2.05, 4.69) is 0 Å². The number of halogens is 2. The molecule has 0 aromatic heterocycles. The Kier molecular flexibility index (Phi) is 3.99. The van der Waals surface area contributed by atoms with Crippen molar-refractivity contribution < 1.29 is 14.2 Å². The number of aliphatic hydroxyl groups is 1. The molecule has 0 radical (unpaired) electrons. The molecule has 0 bridgehead atoms. The number of hydrogen-bond acceptors (Lipinski definition) is 2. The van der Waals surface area contributed by atoms with Crippen LogP contribution in [-0.2, 0) is 6.61 Å². The predicted octanol–water partition coefficient (Wildman–Crippen LogP) is 2.18. The number of rotatable bonds is 4. The van der Waals surface area contributed by atoms with Gasteiger partial charge >= 0.3 is 0 Å². The van der Waals surface area contributed by atoms with Crippen molar-refractivity contribution in [1.29, 1.82) is 0 Å². The average molecular weight is 205 g/mol. The fourth-order valence-corrected chi connectivity index (χ4v) is 1.16. The number of benzene rings is 1. The van der Waals surface area contributed by atoms with E-state index in [1.807, 2.05) is 0 Å². The van der Waals surface area contributed by atoms with Gasteiger partial charge in [0.15, 0.2) is 0 Å². The van der Waals surface area contributed by atoms with Gasteiger partial charge in [0.05, 0.1) is 6.61 Å². The van der Waals surface area contributed by atoms with Crippen LogP contribution < -0.4 is 4.74 Å². The van der Waals surface area contributed by atoms with Gasteiger partial charge in [-0.15, -0.1) is 0 Å². The second kappa shape index (κ2) is 5.04. The number of alkyl halides is 1. The van der Waals surface area contributed by atoms with Gasteiger partial charge in [-0.05, 0) is 18.2 Å². The number of aliphatic hydroxyl groups excluding tert-OH is 1. The van der Waals surface area contributed by atoms with Gasteiger partial charge in [0.1, 0.15) is 19.0 Å². The lowest BCUT2D eigenvalue weighted by molar-refractivity contribution is 0.248.